The Labute approximate surface area is 64.0 Å². The fourth-order valence-corrected chi connectivity index (χ4v) is 2.02. The van der Waals surface area contributed by atoms with E-state index in [1.807, 2.05) is 0 Å². The summed E-state index contributed by atoms with van der Waals surface area (Å²) in [5, 5.41) is 0. The molecule has 0 amide bonds. The SMILES string of the molecule is CCC1CC(N)CCC1C. The van der Waals surface area contributed by atoms with Crippen LogP contribution in [0.25, 0.3) is 0 Å². The highest BCUT2D eigenvalue weighted by Gasteiger charge is 2.23. The molecule has 0 aliphatic heterocycles. The van der Waals surface area contributed by atoms with E-state index in [9.17, 15) is 0 Å². The average Bonchev–Trinajstić information content (AvgIpc) is 1.94. The second-order valence-electron chi connectivity index (χ2n) is 3.72. The highest BCUT2D eigenvalue weighted by molar-refractivity contribution is 4.78. The lowest BCUT2D eigenvalue weighted by Crippen LogP contribution is -2.31. The quantitative estimate of drug-likeness (QED) is 0.595. The van der Waals surface area contributed by atoms with Crippen LogP contribution in [0.3, 0.4) is 0 Å². The first kappa shape index (κ1) is 8.06. The molecule has 0 heterocycles. The van der Waals surface area contributed by atoms with E-state index in [4.69, 9.17) is 5.73 Å². The summed E-state index contributed by atoms with van der Waals surface area (Å²) < 4.78 is 0. The summed E-state index contributed by atoms with van der Waals surface area (Å²) in [6.45, 7) is 4.64. The number of hydrogen-bond donors (Lipinski definition) is 1. The van der Waals surface area contributed by atoms with E-state index >= 15 is 0 Å². The van der Waals surface area contributed by atoms with Crippen LogP contribution in [0.15, 0.2) is 0 Å². The normalized spacial score (nSPS) is 41.7. The molecule has 0 saturated heterocycles. The van der Waals surface area contributed by atoms with Gasteiger partial charge in [-0.15, -0.1) is 0 Å². The van der Waals surface area contributed by atoms with Gasteiger partial charge in [-0.1, -0.05) is 20.3 Å². The lowest BCUT2D eigenvalue weighted by molar-refractivity contribution is 0.227. The van der Waals surface area contributed by atoms with Crippen molar-refractivity contribution in [1.82, 2.24) is 0 Å². The summed E-state index contributed by atoms with van der Waals surface area (Å²) in [5.41, 5.74) is 5.86. The van der Waals surface area contributed by atoms with Crippen molar-refractivity contribution in [3.05, 3.63) is 0 Å². The van der Waals surface area contributed by atoms with Gasteiger partial charge in [0.15, 0.2) is 0 Å². The highest BCUT2D eigenvalue weighted by Crippen LogP contribution is 2.30. The van der Waals surface area contributed by atoms with Gasteiger partial charge in [0.25, 0.3) is 0 Å². The van der Waals surface area contributed by atoms with Gasteiger partial charge >= 0.3 is 0 Å². The van der Waals surface area contributed by atoms with Crippen molar-refractivity contribution in [1.29, 1.82) is 0 Å². The first-order chi connectivity index (χ1) is 4.74. The molecule has 0 aromatic carbocycles. The lowest BCUT2D eigenvalue weighted by Gasteiger charge is -2.31. The zero-order valence-electron chi connectivity index (χ0n) is 7.14. The third kappa shape index (κ3) is 1.72. The predicted molar refractivity (Wildman–Crippen MR) is 44.8 cm³/mol. The van der Waals surface area contributed by atoms with Gasteiger partial charge in [0.05, 0.1) is 0 Å². The van der Waals surface area contributed by atoms with Gasteiger partial charge < -0.3 is 5.73 Å². The van der Waals surface area contributed by atoms with Crippen LogP contribution in [0, 0.1) is 11.8 Å². The molecule has 0 aromatic heterocycles. The van der Waals surface area contributed by atoms with Crippen molar-refractivity contribution in [2.45, 2.75) is 45.6 Å². The first-order valence-corrected chi connectivity index (χ1v) is 4.49. The molecule has 1 aliphatic rings. The topological polar surface area (TPSA) is 26.0 Å². The van der Waals surface area contributed by atoms with Gasteiger partial charge in [-0.25, -0.2) is 0 Å². The molecule has 1 fully saturated rings. The molecule has 0 aromatic rings. The van der Waals surface area contributed by atoms with Crippen LogP contribution in [-0.2, 0) is 0 Å². The van der Waals surface area contributed by atoms with Crippen LogP contribution >= 0.6 is 0 Å². The van der Waals surface area contributed by atoms with Gasteiger partial charge in [0.1, 0.15) is 0 Å². The minimum absolute atomic E-state index is 0.501. The number of hydrogen-bond acceptors (Lipinski definition) is 1. The van der Waals surface area contributed by atoms with Crippen molar-refractivity contribution in [2.75, 3.05) is 0 Å². The summed E-state index contributed by atoms with van der Waals surface area (Å²) >= 11 is 0. The number of rotatable bonds is 1. The molecular weight excluding hydrogens is 122 g/mol. The fraction of sp³-hybridized carbons (Fsp3) is 1.00. The summed E-state index contributed by atoms with van der Waals surface area (Å²) in [6, 6.07) is 0.501. The molecule has 3 unspecified atom stereocenters. The Bertz CT molecular complexity index is 101. The second kappa shape index (κ2) is 3.38. The van der Waals surface area contributed by atoms with E-state index in [1.165, 1.54) is 25.7 Å². The Hall–Kier alpha value is -0.0400. The van der Waals surface area contributed by atoms with Crippen molar-refractivity contribution < 1.29 is 0 Å². The summed E-state index contributed by atoms with van der Waals surface area (Å²) in [6.07, 6.45) is 5.17. The third-order valence-electron chi connectivity index (χ3n) is 2.93. The Morgan fingerprint density at radius 1 is 1.40 bits per heavy atom. The fourth-order valence-electron chi connectivity index (χ4n) is 2.02. The maximum Gasteiger partial charge on any atom is 0.00416 e. The molecule has 3 atom stereocenters. The Balaban J connectivity index is 2.38. The smallest absolute Gasteiger partial charge is 0.00416 e. The van der Waals surface area contributed by atoms with Gasteiger partial charge in [-0.3, -0.25) is 0 Å². The molecule has 2 N–H and O–H groups in total. The van der Waals surface area contributed by atoms with Crippen molar-refractivity contribution >= 4 is 0 Å². The second-order valence-corrected chi connectivity index (χ2v) is 3.72. The van der Waals surface area contributed by atoms with E-state index in [2.05, 4.69) is 13.8 Å². The zero-order chi connectivity index (χ0) is 7.56. The van der Waals surface area contributed by atoms with E-state index in [0.29, 0.717) is 6.04 Å². The van der Waals surface area contributed by atoms with Gasteiger partial charge in [-0.05, 0) is 31.1 Å². The number of nitrogens with two attached hydrogens (primary N) is 1. The molecule has 1 aliphatic carbocycles. The molecule has 10 heavy (non-hydrogen) atoms. The Kier molecular flexibility index (Phi) is 2.72. The summed E-state index contributed by atoms with van der Waals surface area (Å²) in [7, 11) is 0. The molecule has 0 spiro atoms. The van der Waals surface area contributed by atoms with E-state index < -0.39 is 0 Å². The molecule has 1 nitrogen and oxygen atoms in total. The van der Waals surface area contributed by atoms with E-state index in [1.54, 1.807) is 0 Å². The minimum Gasteiger partial charge on any atom is -0.328 e. The van der Waals surface area contributed by atoms with Crippen LogP contribution < -0.4 is 5.73 Å². The molecule has 1 saturated carbocycles. The molecule has 1 heteroatoms. The monoisotopic (exact) mass is 141 g/mol. The van der Waals surface area contributed by atoms with Crippen LogP contribution in [0.1, 0.15) is 39.5 Å². The molecule has 0 radical (unpaired) electrons. The van der Waals surface area contributed by atoms with Crippen LogP contribution in [0.4, 0.5) is 0 Å². The Morgan fingerprint density at radius 3 is 2.60 bits per heavy atom. The lowest BCUT2D eigenvalue weighted by atomic mass is 9.77. The van der Waals surface area contributed by atoms with Crippen LogP contribution in [-0.4, -0.2) is 6.04 Å². The zero-order valence-corrected chi connectivity index (χ0v) is 7.14. The van der Waals surface area contributed by atoms with E-state index in [0.717, 1.165) is 11.8 Å². The first-order valence-electron chi connectivity index (χ1n) is 4.49. The largest absolute Gasteiger partial charge is 0.328 e. The highest BCUT2D eigenvalue weighted by atomic mass is 14.6. The minimum atomic E-state index is 0.501. The maximum absolute atomic E-state index is 5.86. The van der Waals surface area contributed by atoms with Crippen molar-refractivity contribution in [2.24, 2.45) is 17.6 Å². The molecule has 60 valence electrons. The van der Waals surface area contributed by atoms with Gasteiger partial charge in [0, 0.05) is 6.04 Å². The van der Waals surface area contributed by atoms with Gasteiger partial charge in [-0.2, -0.15) is 0 Å². The van der Waals surface area contributed by atoms with Gasteiger partial charge in [0.2, 0.25) is 0 Å². The molecule has 0 bridgehead atoms. The van der Waals surface area contributed by atoms with Crippen molar-refractivity contribution in [3.8, 4) is 0 Å². The molecule has 1 rings (SSSR count). The third-order valence-corrected chi connectivity index (χ3v) is 2.93. The van der Waals surface area contributed by atoms with Crippen LogP contribution in [0.2, 0.25) is 0 Å². The average molecular weight is 141 g/mol. The molecular formula is C9H19N. The predicted octanol–water partition coefficient (Wildman–Crippen LogP) is 2.16. The van der Waals surface area contributed by atoms with E-state index in [-0.39, 0.29) is 0 Å². The maximum atomic E-state index is 5.86. The summed E-state index contributed by atoms with van der Waals surface area (Å²) in [5.74, 6) is 1.83. The van der Waals surface area contributed by atoms with Crippen LogP contribution in [0.5, 0.6) is 0 Å². The van der Waals surface area contributed by atoms with Crippen molar-refractivity contribution in [3.63, 3.8) is 0 Å². The summed E-state index contributed by atoms with van der Waals surface area (Å²) in [4.78, 5) is 0. The standard InChI is InChI=1S/C9H19N/c1-3-8-6-9(10)5-4-7(8)2/h7-9H,3-6,10H2,1-2H3. The Morgan fingerprint density at radius 2 is 2.10 bits per heavy atom.